The molecule has 0 aliphatic heterocycles. The van der Waals surface area contributed by atoms with E-state index in [4.69, 9.17) is 5.84 Å². The maximum atomic E-state index is 5.67. The quantitative estimate of drug-likeness (QED) is 0.530. The van der Waals surface area contributed by atoms with E-state index in [0.29, 0.717) is 0 Å². The van der Waals surface area contributed by atoms with Crippen molar-refractivity contribution in [1.29, 1.82) is 0 Å². The highest BCUT2D eigenvalue weighted by Crippen LogP contribution is 2.26. The highest BCUT2D eigenvalue weighted by molar-refractivity contribution is 9.10. The Kier molecular flexibility index (Phi) is 4.70. The Hall–Kier alpha value is -1.22. The number of halogens is 1. The zero-order valence-corrected chi connectivity index (χ0v) is 12.6. The van der Waals surface area contributed by atoms with Crippen LogP contribution in [0.2, 0.25) is 0 Å². The molecule has 0 saturated heterocycles. The fourth-order valence-corrected chi connectivity index (χ4v) is 2.38. The van der Waals surface area contributed by atoms with Crippen molar-refractivity contribution in [2.45, 2.75) is 12.6 Å². The van der Waals surface area contributed by atoms with Crippen molar-refractivity contribution in [3.63, 3.8) is 0 Å². The summed E-state index contributed by atoms with van der Waals surface area (Å²) in [6.45, 7) is 1.68. The summed E-state index contributed by atoms with van der Waals surface area (Å²) in [5.41, 5.74) is 3.74. The van der Waals surface area contributed by atoms with Crippen LogP contribution in [0.5, 0.6) is 0 Å². The van der Waals surface area contributed by atoms with Gasteiger partial charge in [-0.3, -0.25) is 10.5 Å². The lowest BCUT2D eigenvalue weighted by molar-refractivity contribution is 0.364. The van der Waals surface area contributed by atoms with Crippen molar-refractivity contribution in [2.24, 2.45) is 5.84 Å². The van der Waals surface area contributed by atoms with Crippen LogP contribution in [0, 0.1) is 0 Å². The van der Waals surface area contributed by atoms with Gasteiger partial charge in [0.05, 0.1) is 22.9 Å². The van der Waals surface area contributed by atoms with E-state index >= 15 is 0 Å². The van der Waals surface area contributed by atoms with Crippen molar-refractivity contribution >= 4 is 15.9 Å². The van der Waals surface area contributed by atoms with Crippen LogP contribution in [-0.2, 0) is 6.54 Å². The highest BCUT2D eigenvalue weighted by Gasteiger charge is 2.22. The largest absolute Gasteiger partial charge is 0.347 e. The molecule has 2 rings (SSSR count). The van der Waals surface area contributed by atoms with E-state index in [1.165, 1.54) is 0 Å². The van der Waals surface area contributed by atoms with Gasteiger partial charge in [-0.15, -0.1) is 0 Å². The number of hydrogen-bond donors (Lipinski definition) is 3. The van der Waals surface area contributed by atoms with Crippen molar-refractivity contribution < 1.29 is 0 Å². The topological polar surface area (TPSA) is 87.8 Å². The number of nitrogens with two attached hydrogens (primary N) is 1. The molecule has 1 atom stereocenters. The van der Waals surface area contributed by atoms with Gasteiger partial charge in [0.25, 0.3) is 0 Å². The molecule has 1 unspecified atom stereocenters. The third kappa shape index (κ3) is 3.21. The molecule has 19 heavy (non-hydrogen) atoms. The number of imidazole rings is 1. The average molecular weight is 328 g/mol. The van der Waals surface area contributed by atoms with Crippen LogP contribution in [0.3, 0.4) is 0 Å². The Morgan fingerprint density at radius 2 is 2.37 bits per heavy atom. The fraction of sp³-hybridized carbons (Fsp3) is 0.455. The van der Waals surface area contributed by atoms with Gasteiger partial charge < -0.3 is 9.88 Å². The number of rotatable bonds is 6. The van der Waals surface area contributed by atoms with Crippen molar-refractivity contribution in [1.82, 2.24) is 30.1 Å². The molecule has 0 radical (unpaired) electrons. The van der Waals surface area contributed by atoms with Gasteiger partial charge >= 0.3 is 0 Å². The predicted octanol–water partition coefficient (Wildman–Crippen LogP) is 0.483. The van der Waals surface area contributed by atoms with Crippen LogP contribution < -0.4 is 11.3 Å². The summed E-state index contributed by atoms with van der Waals surface area (Å²) in [6.07, 6.45) is 5.25. The fourth-order valence-electron chi connectivity index (χ4n) is 1.85. The molecule has 0 amide bonds. The molecule has 7 nitrogen and oxygen atoms in total. The van der Waals surface area contributed by atoms with Crippen LogP contribution in [0.15, 0.2) is 23.1 Å². The Morgan fingerprint density at radius 1 is 1.58 bits per heavy atom. The summed E-state index contributed by atoms with van der Waals surface area (Å²) >= 11 is 3.52. The van der Waals surface area contributed by atoms with Gasteiger partial charge in [-0.25, -0.2) is 10.4 Å². The molecule has 0 saturated carbocycles. The minimum atomic E-state index is -0.228. The van der Waals surface area contributed by atoms with Crippen LogP contribution in [0.4, 0.5) is 0 Å². The first-order valence-electron chi connectivity index (χ1n) is 5.94. The number of hydrogen-bond acceptors (Lipinski definition) is 5. The molecule has 104 valence electrons. The third-order valence-electron chi connectivity index (χ3n) is 2.83. The molecule has 0 aliphatic carbocycles. The van der Waals surface area contributed by atoms with E-state index in [-0.39, 0.29) is 6.04 Å². The normalized spacial score (nSPS) is 13.1. The van der Waals surface area contributed by atoms with Gasteiger partial charge in [-0.1, -0.05) is 0 Å². The number of aromatic amines is 1. The summed E-state index contributed by atoms with van der Waals surface area (Å²) in [5, 5.41) is 4.37. The summed E-state index contributed by atoms with van der Waals surface area (Å²) in [6, 6.07) is -0.228. The zero-order chi connectivity index (χ0) is 13.8. The second kappa shape index (κ2) is 6.29. The maximum absolute atomic E-state index is 5.67. The number of H-pyrrole nitrogens is 1. The monoisotopic (exact) mass is 327 g/mol. The molecule has 4 N–H and O–H groups in total. The number of aromatic nitrogens is 4. The van der Waals surface area contributed by atoms with Crippen LogP contribution in [-0.4, -0.2) is 45.3 Å². The summed E-state index contributed by atoms with van der Waals surface area (Å²) in [5.74, 6) is 6.43. The Morgan fingerprint density at radius 3 is 2.95 bits per heavy atom. The predicted molar refractivity (Wildman–Crippen MR) is 76.2 cm³/mol. The second-order valence-corrected chi connectivity index (χ2v) is 5.33. The lowest BCUT2D eigenvalue weighted by Gasteiger charge is -2.18. The molecule has 2 heterocycles. The maximum Gasteiger partial charge on any atom is 0.130 e. The van der Waals surface area contributed by atoms with Crippen LogP contribution >= 0.6 is 15.9 Å². The van der Waals surface area contributed by atoms with Gasteiger partial charge in [0.15, 0.2) is 0 Å². The molecular weight excluding hydrogens is 310 g/mol. The number of hydrazine groups is 1. The van der Waals surface area contributed by atoms with E-state index in [1.54, 1.807) is 18.6 Å². The van der Waals surface area contributed by atoms with E-state index in [2.05, 4.69) is 41.3 Å². The van der Waals surface area contributed by atoms with Gasteiger partial charge in [0.2, 0.25) is 0 Å². The molecule has 0 fully saturated rings. The molecule has 0 aromatic carbocycles. The van der Waals surface area contributed by atoms with Crippen LogP contribution in [0.25, 0.3) is 0 Å². The number of nitrogens with zero attached hydrogens (tertiary/aromatic N) is 4. The van der Waals surface area contributed by atoms with E-state index in [0.717, 1.165) is 29.1 Å². The molecular formula is C11H18BrN7. The van der Waals surface area contributed by atoms with Gasteiger partial charge in [0.1, 0.15) is 11.9 Å². The Balaban J connectivity index is 2.29. The third-order valence-corrected chi connectivity index (χ3v) is 3.44. The molecule has 0 bridgehead atoms. The Labute approximate surface area is 120 Å². The van der Waals surface area contributed by atoms with Gasteiger partial charge in [-0.2, -0.15) is 5.10 Å². The van der Waals surface area contributed by atoms with E-state index in [9.17, 15) is 0 Å². The lowest BCUT2D eigenvalue weighted by Crippen LogP contribution is -2.32. The van der Waals surface area contributed by atoms with Crippen LogP contribution in [0.1, 0.15) is 17.6 Å². The second-order valence-electron chi connectivity index (χ2n) is 4.48. The van der Waals surface area contributed by atoms with Gasteiger partial charge in [-0.05, 0) is 30.0 Å². The minimum absolute atomic E-state index is 0.228. The first-order chi connectivity index (χ1) is 9.13. The standard InChI is InChI=1S/C11H18BrN7/c1-18(2)5-6-19-10(8(12)7-16-19)9(17-13)11-14-3-4-15-11/h3-4,7,9,17H,5-6,13H2,1-2H3,(H,14,15). The zero-order valence-electron chi connectivity index (χ0n) is 11.0. The summed E-state index contributed by atoms with van der Waals surface area (Å²) < 4.78 is 2.84. The van der Waals surface area contributed by atoms with E-state index < -0.39 is 0 Å². The SMILES string of the molecule is CN(C)CCn1ncc(Br)c1C(NN)c1ncc[nH]1. The first kappa shape index (κ1) is 14.2. The average Bonchev–Trinajstić information content (AvgIpc) is 3.00. The number of nitrogens with one attached hydrogen (secondary N) is 2. The smallest absolute Gasteiger partial charge is 0.130 e. The summed E-state index contributed by atoms with van der Waals surface area (Å²) in [4.78, 5) is 9.43. The lowest BCUT2D eigenvalue weighted by atomic mass is 10.2. The Bertz CT molecular complexity index is 505. The molecule has 2 aromatic heterocycles. The van der Waals surface area contributed by atoms with E-state index in [1.807, 2.05) is 18.8 Å². The minimum Gasteiger partial charge on any atom is -0.347 e. The van der Waals surface area contributed by atoms with Crippen molar-refractivity contribution in [3.05, 3.63) is 34.6 Å². The molecule has 2 aromatic rings. The first-order valence-corrected chi connectivity index (χ1v) is 6.74. The molecule has 0 aliphatic rings. The molecule has 8 heteroatoms. The summed E-state index contributed by atoms with van der Waals surface area (Å²) in [7, 11) is 4.06. The van der Waals surface area contributed by atoms with Crippen molar-refractivity contribution in [2.75, 3.05) is 20.6 Å². The van der Waals surface area contributed by atoms with Crippen molar-refractivity contribution in [3.8, 4) is 0 Å². The number of likely N-dealkylation sites (N-methyl/N-ethyl adjacent to an activating group) is 1. The van der Waals surface area contributed by atoms with Gasteiger partial charge in [0, 0.05) is 18.9 Å². The highest BCUT2D eigenvalue weighted by atomic mass is 79.9. The molecule has 0 spiro atoms.